The number of fused-ring (bicyclic) bond motifs is 3. The van der Waals surface area contributed by atoms with Crippen LogP contribution in [0.1, 0.15) is 21.5 Å². The first-order chi connectivity index (χ1) is 15.8. The normalized spacial score (nSPS) is 14.4. The topological polar surface area (TPSA) is 63.2 Å². The first-order valence-corrected chi connectivity index (χ1v) is 13.2. The van der Waals surface area contributed by atoms with Gasteiger partial charge in [-0.25, -0.2) is 4.79 Å². The van der Waals surface area contributed by atoms with Crippen LogP contribution < -0.4 is 18.9 Å². The predicted molar refractivity (Wildman–Crippen MR) is 130 cm³/mol. The van der Waals surface area contributed by atoms with Crippen LogP contribution in [-0.2, 0) is 11.3 Å². The van der Waals surface area contributed by atoms with Crippen LogP contribution in [0.3, 0.4) is 0 Å². The minimum Gasteiger partial charge on any atom is -0.493 e. The largest absolute Gasteiger partial charge is 0.493 e. The summed E-state index contributed by atoms with van der Waals surface area (Å²) in [5.41, 5.74) is 3.70. The van der Waals surface area contributed by atoms with E-state index in [2.05, 4.69) is 29.9 Å². The molecule has 2 aliphatic rings. The van der Waals surface area contributed by atoms with Crippen molar-refractivity contribution in [3.8, 4) is 45.3 Å². The van der Waals surface area contributed by atoms with Gasteiger partial charge in [-0.15, -0.1) is 0 Å². The van der Waals surface area contributed by atoms with E-state index in [0.717, 1.165) is 33.0 Å². The molecule has 2 aliphatic heterocycles. The molecule has 5 rings (SSSR count). The molecule has 0 spiro atoms. The molecule has 170 valence electrons. The fourth-order valence-corrected chi connectivity index (χ4v) is 4.55. The van der Waals surface area contributed by atoms with Crippen LogP contribution in [0, 0.1) is 11.2 Å². The molecular weight excluding hydrogens is 440 g/mol. The fourth-order valence-electron chi connectivity index (χ4n) is 4.14. The van der Waals surface area contributed by atoms with E-state index in [4.69, 9.17) is 23.7 Å². The highest BCUT2D eigenvalue weighted by Crippen LogP contribution is 2.46. The standard InChI is InChI=1S/C26H24O6S/c1-28-21-11-17-16(8-9-33(3,4)5)19-13-30-26(27)25(19)24(18(17)12-22(21)29-2)15-6-7-20-23(10-15)32-14-31-20/h6-7,10-12H,13-14H2,1-5H3. The van der Waals surface area contributed by atoms with Crippen molar-refractivity contribution >= 4 is 26.8 Å². The van der Waals surface area contributed by atoms with Crippen molar-refractivity contribution in [1.82, 2.24) is 0 Å². The van der Waals surface area contributed by atoms with Crippen LogP contribution in [0.25, 0.3) is 21.9 Å². The maximum atomic E-state index is 13.0. The summed E-state index contributed by atoms with van der Waals surface area (Å²) in [6.07, 6.45) is 6.40. The minimum atomic E-state index is -1.09. The van der Waals surface area contributed by atoms with Gasteiger partial charge in [0, 0.05) is 22.1 Å². The quantitative estimate of drug-likeness (QED) is 0.405. The monoisotopic (exact) mass is 464 g/mol. The summed E-state index contributed by atoms with van der Waals surface area (Å²) in [5, 5.41) is 5.11. The Morgan fingerprint density at radius 3 is 2.27 bits per heavy atom. The van der Waals surface area contributed by atoms with E-state index in [1.165, 1.54) is 0 Å². The molecule has 33 heavy (non-hydrogen) atoms. The van der Waals surface area contributed by atoms with Gasteiger partial charge < -0.3 is 23.7 Å². The molecule has 0 N–H and O–H groups in total. The Balaban J connectivity index is 1.91. The van der Waals surface area contributed by atoms with Gasteiger partial charge in [-0.1, -0.05) is 12.0 Å². The third-order valence-corrected chi connectivity index (χ3v) is 6.33. The summed E-state index contributed by atoms with van der Waals surface area (Å²) in [7, 11) is 2.10. The molecule has 0 aliphatic carbocycles. The number of methoxy groups -OCH3 is 2. The van der Waals surface area contributed by atoms with E-state index in [-0.39, 0.29) is 19.4 Å². The molecule has 2 heterocycles. The Morgan fingerprint density at radius 1 is 0.879 bits per heavy atom. The molecule has 6 nitrogen and oxygen atoms in total. The second kappa shape index (κ2) is 7.82. The smallest absolute Gasteiger partial charge is 0.339 e. The maximum absolute atomic E-state index is 13.0. The van der Waals surface area contributed by atoms with Crippen molar-refractivity contribution in [2.75, 3.05) is 39.8 Å². The van der Waals surface area contributed by atoms with Gasteiger partial charge in [0.05, 0.1) is 19.8 Å². The van der Waals surface area contributed by atoms with Crippen LogP contribution >= 0.6 is 10.0 Å². The van der Waals surface area contributed by atoms with Crippen LogP contribution in [-0.4, -0.2) is 45.7 Å². The van der Waals surface area contributed by atoms with Gasteiger partial charge in [0.2, 0.25) is 6.79 Å². The highest BCUT2D eigenvalue weighted by atomic mass is 32.3. The Hall–Kier alpha value is -3.50. The van der Waals surface area contributed by atoms with E-state index < -0.39 is 10.0 Å². The minimum absolute atomic E-state index is 0.175. The molecule has 0 saturated heterocycles. The van der Waals surface area contributed by atoms with Crippen molar-refractivity contribution in [3.05, 3.63) is 47.0 Å². The summed E-state index contributed by atoms with van der Waals surface area (Å²) >= 11 is 0. The van der Waals surface area contributed by atoms with Crippen LogP contribution in [0.4, 0.5) is 0 Å². The van der Waals surface area contributed by atoms with E-state index >= 15 is 0 Å². The maximum Gasteiger partial charge on any atom is 0.339 e. The molecular formula is C26H24O6S. The zero-order valence-electron chi connectivity index (χ0n) is 19.2. The van der Waals surface area contributed by atoms with Gasteiger partial charge in [-0.05, 0) is 59.2 Å². The van der Waals surface area contributed by atoms with Crippen molar-refractivity contribution < 1.29 is 28.5 Å². The second-order valence-electron chi connectivity index (χ2n) is 8.56. The first kappa shape index (κ1) is 21.4. The van der Waals surface area contributed by atoms with E-state index in [1.54, 1.807) is 14.2 Å². The Morgan fingerprint density at radius 2 is 1.58 bits per heavy atom. The Labute approximate surface area is 194 Å². The number of esters is 1. The zero-order valence-corrected chi connectivity index (χ0v) is 20.0. The number of ether oxygens (including phenoxy) is 5. The van der Waals surface area contributed by atoms with Crippen LogP contribution in [0.5, 0.6) is 23.0 Å². The molecule has 3 aromatic carbocycles. The average Bonchev–Trinajstić information content (AvgIpc) is 3.41. The van der Waals surface area contributed by atoms with Gasteiger partial charge in [-0.3, -0.25) is 0 Å². The van der Waals surface area contributed by atoms with Gasteiger partial charge in [0.15, 0.2) is 23.0 Å². The van der Waals surface area contributed by atoms with Crippen LogP contribution in [0.2, 0.25) is 0 Å². The lowest BCUT2D eigenvalue weighted by Crippen LogP contribution is -2.02. The highest BCUT2D eigenvalue weighted by Gasteiger charge is 2.32. The highest BCUT2D eigenvalue weighted by molar-refractivity contribution is 8.35. The predicted octanol–water partition coefficient (Wildman–Crippen LogP) is 4.93. The fraction of sp³-hybridized carbons (Fsp3) is 0.269. The number of carbonyl (C=O) groups is 1. The third kappa shape index (κ3) is 3.61. The molecule has 0 fully saturated rings. The molecule has 0 bridgehead atoms. The SMILES string of the molecule is COc1cc2c(C#CS(C)(C)C)c3c(c(-c4ccc5c(c4)OCO5)c2cc1OC)C(=O)OC3. The molecule has 0 unspecified atom stereocenters. The lowest BCUT2D eigenvalue weighted by Gasteiger charge is -2.18. The van der Waals surface area contributed by atoms with Crippen molar-refractivity contribution in [3.63, 3.8) is 0 Å². The number of rotatable bonds is 3. The van der Waals surface area contributed by atoms with Gasteiger partial charge in [0.1, 0.15) is 6.61 Å². The Bertz CT molecular complexity index is 1370. The average molecular weight is 465 g/mol. The number of benzene rings is 3. The lowest BCUT2D eigenvalue weighted by molar-refractivity contribution is 0.0535. The van der Waals surface area contributed by atoms with Crippen LogP contribution in [0.15, 0.2) is 30.3 Å². The molecule has 0 radical (unpaired) electrons. The van der Waals surface area contributed by atoms with E-state index in [9.17, 15) is 4.79 Å². The summed E-state index contributed by atoms with van der Waals surface area (Å²) in [5.74, 6) is 5.49. The zero-order chi connectivity index (χ0) is 23.3. The van der Waals surface area contributed by atoms with Crippen molar-refractivity contribution in [1.29, 1.82) is 0 Å². The number of carbonyl (C=O) groups excluding carboxylic acids is 1. The molecule has 3 aromatic rings. The molecule has 0 saturated carbocycles. The van der Waals surface area contributed by atoms with E-state index in [1.807, 2.05) is 30.3 Å². The summed E-state index contributed by atoms with van der Waals surface area (Å²) in [4.78, 5) is 13.0. The number of cyclic esters (lactones) is 1. The number of hydrogen-bond acceptors (Lipinski definition) is 6. The third-order valence-electron chi connectivity index (χ3n) is 5.61. The molecule has 7 heteroatoms. The van der Waals surface area contributed by atoms with Gasteiger partial charge in [0.25, 0.3) is 0 Å². The van der Waals surface area contributed by atoms with Crippen molar-refractivity contribution in [2.24, 2.45) is 0 Å². The molecule has 0 amide bonds. The first-order valence-electron chi connectivity index (χ1n) is 10.3. The molecule has 0 atom stereocenters. The second-order valence-corrected chi connectivity index (χ2v) is 12.4. The van der Waals surface area contributed by atoms with Gasteiger partial charge in [-0.2, -0.15) is 10.0 Å². The molecule has 0 aromatic heterocycles. The van der Waals surface area contributed by atoms with E-state index in [0.29, 0.717) is 28.6 Å². The Kier molecular flexibility index (Phi) is 5.06. The lowest BCUT2D eigenvalue weighted by atomic mass is 9.86. The summed E-state index contributed by atoms with van der Waals surface area (Å²) in [6.45, 7) is 0.355. The van der Waals surface area contributed by atoms with Gasteiger partial charge >= 0.3 is 5.97 Å². The number of hydrogen-bond donors (Lipinski definition) is 0. The van der Waals surface area contributed by atoms with Crippen molar-refractivity contribution in [2.45, 2.75) is 6.61 Å². The summed E-state index contributed by atoms with van der Waals surface area (Å²) in [6, 6.07) is 9.50. The summed E-state index contributed by atoms with van der Waals surface area (Å²) < 4.78 is 27.8.